The highest BCUT2D eigenvalue weighted by Gasteiger charge is 2.06. The zero-order valence-electron chi connectivity index (χ0n) is 12.0. The van der Waals surface area contributed by atoms with Gasteiger partial charge < -0.3 is 0 Å². The first kappa shape index (κ1) is 12.3. The Bertz CT molecular complexity index is 1010. The van der Waals surface area contributed by atoms with Crippen LogP contribution in [0.2, 0.25) is 0 Å². The van der Waals surface area contributed by atoms with Gasteiger partial charge in [-0.3, -0.25) is 4.79 Å². The molecule has 0 heterocycles. The fourth-order valence-corrected chi connectivity index (χ4v) is 3.29. The van der Waals surface area contributed by atoms with Gasteiger partial charge >= 0.3 is 0 Å². The number of rotatable bonds is 1. The molecule has 0 amide bonds. The van der Waals surface area contributed by atoms with Gasteiger partial charge in [0.25, 0.3) is 0 Å². The van der Waals surface area contributed by atoms with E-state index < -0.39 is 0 Å². The average molecular weight is 272 g/mol. The van der Waals surface area contributed by atoms with Crippen molar-refractivity contribution in [3.8, 4) is 0 Å². The summed E-state index contributed by atoms with van der Waals surface area (Å²) in [5.41, 5.74) is 1.39. The van der Waals surface area contributed by atoms with Crippen molar-refractivity contribution in [3.63, 3.8) is 0 Å². The normalized spacial score (nSPS) is 13.9. The summed E-state index contributed by atoms with van der Waals surface area (Å²) in [6.07, 6.45) is 5.37. The van der Waals surface area contributed by atoms with Gasteiger partial charge in [0.15, 0.2) is 5.78 Å². The Morgan fingerprint density at radius 1 is 0.952 bits per heavy atom. The zero-order chi connectivity index (χ0) is 14.4. The SMILES string of the molecule is CCc1cccc2c1ccc1cc3c(cc12)=CCC(=O)C=3. The number of hydrogen-bond acceptors (Lipinski definition) is 1. The molecule has 0 fully saturated rings. The molecule has 0 bridgehead atoms. The summed E-state index contributed by atoms with van der Waals surface area (Å²) in [6.45, 7) is 2.19. The molecule has 0 aliphatic heterocycles. The first-order valence-electron chi connectivity index (χ1n) is 7.45. The van der Waals surface area contributed by atoms with Gasteiger partial charge in [0.1, 0.15) is 0 Å². The van der Waals surface area contributed by atoms with Gasteiger partial charge in [0, 0.05) is 6.42 Å². The Balaban J connectivity index is 2.18. The second-order valence-corrected chi connectivity index (χ2v) is 5.65. The van der Waals surface area contributed by atoms with E-state index in [1.165, 1.54) is 32.3 Å². The molecule has 0 radical (unpaired) electrons. The van der Waals surface area contributed by atoms with Gasteiger partial charge in [-0.2, -0.15) is 0 Å². The third kappa shape index (κ3) is 1.89. The van der Waals surface area contributed by atoms with Crippen LogP contribution in [-0.4, -0.2) is 5.78 Å². The molecule has 0 saturated carbocycles. The maximum atomic E-state index is 11.6. The van der Waals surface area contributed by atoms with Gasteiger partial charge in [-0.15, -0.1) is 0 Å². The molecule has 102 valence electrons. The van der Waals surface area contributed by atoms with Crippen LogP contribution in [0.5, 0.6) is 0 Å². The summed E-state index contributed by atoms with van der Waals surface area (Å²) >= 11 is 0. The van der Waals surface area contributed by atoms with Crippen molar-refractivity contribution in [1.82, 2.24) is 0 Å². The van der Waals surface area contributed by atoms with E-state index in [1.807, 2.05) is 6.08 Å². The molecule has 1 heteroatoms. The monoisotopic (exact) mass is 272 g/mol. The molecule has 0 aromatic heterocycles. The molecule has 0 unspecified atom stereocenters. The minimum atomic E-state index is 0.191. The fourth-order valence-electron chi connectivity index (χ4n) is 3.29. The first-order valence-corrected chi connectivity index (χ1v) is 7.45. The Morgan fingerprint density at radius 3 is 2.71 bits per heavy atom. The van der Waals surface area contributed by atoms with Gasteiger partial charge in [0.2, 0.25) is 0 Å². The number of hydrogen-bond donors (Lipinski definition) is 0. The number of aryl methyl sites for hydroxylation is 1. The molecule has 1 aliphatic carbocycles. The van der Waals surface area contributed by atoms with Gasteiger partial charge in [-0.05, 0) is 62.2 Å². The van der Waals surface area contributed by atoms with Gasteiger partial charge in [-0.1, -0.05) is 43.3 Å². The predicted molar refractivity (Wildman–Crippen MR) is 88.6 cm³/mol. The highest BCUT2D eigenvalue weighted by atomic mass is 16.1. The maximum absolute atomic E-state index is 11.6. The Kier molecular flexibility index (Phi) is 2.68. The van der Waals surface area contributed by atoms with Crippen molar-refractivity contribution in [2.45, 2.75) is 19.8 Å². The molecule has 0 N–H and O–H groups in total. The maximum Gasteiger partial charge on any atom is 0.160 e. The largest absolute Gasteiger partial charge is 0.294 e. The van der Waals surface area contributed by atoms with Crippen LogP contribution in [0.1, 0.15) is 18.9 Å². The summed E-state index contributed by atoms with van der Waals surface area (Å²) in [7, 11) is 0. The highest BCUT2D eigenvalue weighted by Crippen LogP contribution is 2.26. The van der Waals surface area contributed by atoms with Crippen LogP contribution in [0.15, 0.2) is 42.5 Å². The topological polar surface area (TPSA) is 17.1 Å². The lowest BCUT2D eigenvalue weighted by Crippen LogP contribution is -2.28. The van der Waals surface area contributed by atoms with Crippen LogP contribution in [0.25, 0.3) is 33.7 Å². The lowest BCUT2D eigenvalue weighted by molar-refractivity contribution is -0.112. The number of Topliss-reactive ketones (excluding diaryl/α,β-unsaturated/α-hetero) is 1. The summed E-state index contributed by atoms with van der Waals surface area (Å²) in [4.78, 5) is 11.6. The highest BCUT2D eigenvalue weighted by molar-refractivity contribution is 6.11. The quantitative estimate of drug-likeness (QED) is 0.622. The van der Waals surface area contributed by atoms with Crippen LogP contribution in [0.3, 0.4) is 0 Å². The number of carbonyl (C=O) groups is 1. The van der Waals surface area contributed by atoms with Crippen molar-refractivity contribution < 1.29 is 4.79 Å². The number of carbonyl (C=O) groups excluding carboxylic acids is 1. The van der Waals surface area contributed by atoms with Crippen molar-refractivity contribution in [1.29, 1.82) is 0 Å². The number of fused-ring (bicyclic) bond motifs is 4. The second kappa shape index (κ2) is 4.56. The molecule has 21 heavy (non-hydrogen) atoms. The molecule has 3 aromatic rings. The van der Waals surface area contributed by atoms with E-state index in [9.17, 15) is 4.79 Å². The van der Waals surface area contributed by atoms with E-state index >= 15 is 0 Å². The van der Waals surface area contributed by atoms with Crippen molar-refractivity contribution >= 4 is 39.5 Å². The Hall–Kier alpha value is -2.41. The van der Waals surface area contributed by atoms with Crippen molar-refractivity contribution in [2.75, 3.05) is 0 Å². The summed E-state index contributed by atoms with van der Waals surface area (Å²) < 4.78 is 0. The minimum absolute atomic E-state index is 0.191. The third-order valence-electron chi connectivity index (χ3n) is 4.39. The van der Waals surface area contributed by atoms with Crippen LogP contribution in [0, 0.1) is 0 Å². The predicted octanol–water partition coefficient (Wildman–Crippen LogP) is 3.09. The Labute approximate surface area is 123 Å². The molecule has 0 saturated heterocycles. The van der Waals surface area contributed by atoms with Gasteiger partial charge in [-0.25, -0.2) is 0 Å². The molecule has 1 nitrogen and oxygen atoms in total. The second-order valence-electron chi connectivity index (χ2n) is 5.65. The molecule has 3 aromatic carbocycles. The average Bonchev–Trinajstić information content (AvgIpc) is 2.52. The standard InChI is InChI=1S/C20H16O/c1-2-13-4-3-5-19-18(13)9-7-15-10-16-11-17(21)8-6-14(16)12-20(15)19/h3-7,9-12H,2,8H2,1H3. The lowest BCUT2D eigenvalue weighted by atomic mass is 9.95. The molecular formula is C20H16O. The van der Waals surface area contributed by atoms with E-state index in [0.29, 0.717) is 6.42 Å². The number of ketones is 1. The van der Waals surface area contributed by atoms with Crippen LogP contribution in [-0.2, 0) is 11.2 Å². The summed E-state index contributed by atoms with van der Waals surface area (Å²) in [5.74, 6) is 0.191. The molecular weight excluding hydrogens is 256 g/mol. The molecule has 4 rings (SSSR count). The van der Waals surface area contributed by atoms with E-state index in [-0.39, 0.29) is 5.78 Å². The van der Waals surface area contributed by atoms with E-state index in [0.717, 1.165) is 11.6 Å². The lowest BCUT2D eigenvalue weighted by Gasteiger charge is -2.09. The number of benzene rings is 3. The van der Waals surface area contributed by atoms with Crippen LogP contribution in [0.4, 0.5) is 0 Å². The molecule has 0 spiro atoms. The van der Waals surface area contributed by atoms with Crippen LogP contribution >= 0.6 is 0 Å². The molecule has 0 atom stereocenters. The van der Waals surface area contributed by atoms with Crippen molar-refractivity contribution in [2.24, 2.45) is 0 Å². The smallest absolute Gasteiger partial charge is 0.160 e. The summed E-state index contributed by atoms with van der Waals surface area (Å²) in [5, 5.41) is 7.35. The van der Waals surface area contributed by atoms with Crippen LogP contribution < -0.4 is 10.4 Å². The Morgan fingerprint density at radius 2 is 1.86 bits per heavy atom. The zero-order valence-corrected chi connectivity index (χ0v) is 12.0. The van der Waals surface area contributed by atoms with E-state index in [4.69, 9.17) is 0 Å². The minimum Gasteiger partial charge on any atom is -0.294 e. The summed E-state index contributed by atoms with van der Waals surface area (Å²) in [6, 6.07) is 15.3. The van der Waals surface area contributed by atoms with Crippen molar-refractivity contribution in [3.05, 3.63) is 58.5 Å². The molecule has 1 aliphatic rings. The van der Waals surface area contributed by atoms with Gasteiger partial charge in [0.05, 0.1) is 0 Å². The van der Waals surface area contributed by atoms with E-state index in [1.54, 1.807) is 6.08 Å². The fraction of sp³-hybridized carbons (Fsp3) is 0.150. The first-order chi connectivity index (χ1) is 10.3. The van der Waals surface area contributed by atoms with E-state index in [2.05, 4.69) is 49.4 Å². The third-order valence-corrected chi connectivity index (χ3v) is 4.39.